The van der Waals surface area contributed by atoms with Crippen molar-refractivity contribution in [1.82, 2.24) is 9.78 Å². The molecule has 1 unspecified atom stereocenters. The lowest BCUT2D eigenvalue weighted by Crippen LogP contribution is -2.21. The van der Waals surface area contributed by atoms with Crippen molar-refractivity contribution >= 4 is 11.4 Å². The predicted octanol–water partition coefficient (Wildman–Crippen LogP) is 1.89. The Labute approximate surface area is 134 Å². The number of nitro benzene ring substituents is 1. The van der Waals surface area contributed by atoms with Gasteiger partial charge in [0.05, 0.1) is 17.7 Å². The van der Waals surface area contributed by atoms with Gasteiger partial charge in [-0.25, -0.2) is 0 Å². The number of nitro groups is 1. The number of aryl methyl sites for hydroxylation is 1. The van der Waals surface area contributed by atoms with Gasteiger partial charge in [0.25, 0.3) is 5.69 Å². The lowest BCUT2D eigenvalue weighted by atomic mass is 10.0. The van der Waals surface area contributed by atoms with E-state index in [0.29, 0.717) is 17.2 Å². The highest BCUT2D eigenvalue weighted by Crippen LogP contribution is 2.34. The third-order valence-corrected chi connectivity index (χ3v) is 4.33. The molecule has 1 aliphatic rings. The Hall–Kier alpha value is -2.41. The van der Waals surface area contributed by atoms with Crippen LogP contribution >= 0.6 is 0 Å². The first-order chi connectivity index (χ1) is 11.1. The molecule has 1 atom stereocenters. The van der Waals surface area contributed by atoms with Gasteiger partial charge in [-0.3, -0.25) is 14.8 Å². The van der Waals surface area contributed by atoms with Crippen LogP contribution in [0.1, 0.15) is 17.5 Å². The fourth-order valence-corrected chi connectivity index (χ4v) is 3.20. The summed E-state index contributed by atoms with van der Waals surface area (Å²) < 4.78 is 1.79. The molecule has 0 bridgehead atoms. The molecule has 0 radical (unpaired) electrons. The largest absolute Gasteiger partial charge is 0.392 e. The number of rotatable bonds is 5. The van der Waals surface area contributed by atoms with Gasteiger partial charge in [0.2, 0.25) is 0 Å². The second-order valence-corrected chi connectivity index (χ2v) is 6.07. The van der Waals surface area contributed by atoms with Crippen LogP contribution in [0.4, 0.5) is 11.4 Å². The number of hydrogen-bond donors (Lipinski definition) is 1. The van der Waals surface area contributed by atoms with E-state index in [2.05, 4.69) is 10.00 Å². The molecule has 0 aliphatic carbocycles. The molecule has 1 aromatic heterocycles. The molecule has 7 nitrogen and oxygen atoms in total. The van der Waals surface area contributed by atoms with Gasteiger partial charge >= 0.3 is 0 Å². The smallest absolute Gasteiger partial charge is 0.292 e. The van der Waals surface area contributed by atoms with Crippen LogP contribution < -0.4 is 4.90 Å². The highest BCUT2D eigenvalue weighted by Gasteiger charge is 2.28. The third-order valence-electron chi connectivity index (χ3n) is 4.33. The number of benzene rings is 1. The number of nitrogens with zero attached hydrogens (tertiary/aromatic N) is 4. The van der Waals surface area contributed by atoms with Crippen molar-refractivity contribution in [1.29, 1.82) is 0 Å². The van der Waals surface area contributed by atoms with Crippen molar-refractivity contribution in [3.05, 3.63) is 51.8 Å². The van der Waals surface area contributed by atoms with Crippen LogP contribution in [0.25, 0.3) is 0 Å². The van der Waals surface area contributed by atoms with Crippen LogP contribution in [-0.4, -0.2) is 32.9 Å². The average Bonchev–Trinajstić information content (AvgIpc) is 3.16. The number of aromatic nitrogens is 2. The minimum Gasteiger partial charge on any atom is -0.392 e. The molecule has 122 valence electrons. The van der Waals surface area contributed by atoms with Gasteiger partial charge in [-0.1, -0.05) is 0 Å². The maximum Gasteiger partial charge on any atom is 0.292 e. The Balaban J connectivity index is 1.76. The highest BCUT2D eigenvalue weighted by molar-refractivity contribution is 5.65. The molecule has 2 aromatic rings. The lowest BCUT2D eigenvalue weighted by Gasteiger charge is -2.19. The Morgan fingerprint density at radius 2 is 2.26 bits per heavy atom. The quantitative estimate of drug-likeness (QED) is 0.672. The number of aliphatic hydroxyl groups is 1. The molecule has 23 heavy (non-hydrogen) atoms. The van der Waals surface area contributed by atoms with Crippen molar-refractivity contribution in [3.8, 4) is 0 Å². The number of anilines is 1. The van der Waals surface area contributed by atoms with Crippen molar-refractivity contribution in [2.75, 3.05) is 18.0 Å². The van der Waals surface area contributed by atoms with Gasteiger partial charge in [0.1, 0.15) is 5.69 Å². The Kier molecular flexibility index (Phi) is 4.29. The van der Waals surface area contributed by atoms with E-state index in [1.165, 1.54) is 11.6 Å². The summed E-state index contributed by atoms with van der Waals surface area (Å²) >= 11 is 0. The van der Waals surface area contributed by atoms with Gasteiger partial charge in [-0.15, -0.1) is 0 Å². The zero-order valence-electron chi connectivity index (χ0n) is 13.1. The molecule has 3 rings (SSSR count). The van der Waals surface area contributed by atoms with E-state index < -0.39 is 0 Å². The highest BCUT2D eigenvalue weighted by atomic mass is 16.6. The summed E-state index contributed by atoms with van der Waals surface area (Å²) in [6, 6.07) is 4.81. The van der Waals surface area contributed by atoms with Crippen LogP contribution in [0.2, 0.25) is 0 Å². The van der Waals surface area contributed by atoms with Crippen LogP contribution in [0, 0.1) is 16.0 Å². The summed E-state index contributed by atoms with van der Waals surface area (Å²) in [5.74, 6) is 0.455. The molecule has 1 saturated heterocycles. The van der Waals surface area contributed by atoms with Gasteiger partial charge < -0.3 is 10.0 Å². The van der Waals surface area contributed by atoms with E-state index in [4.69, 9.17) is 0 Å². The molecular formula is C16H20N4O3. The zero-order chi connectivity index (χ0) is 16.4. The molecule has 1 fully saturated rings. The van der Waals surface area contributed by atoms with Crippen LogP contribution in [-0.2, 0) is 20.1 Å². The summed E-state index contributed by atoms with van der Waals surface area (Å²) in [6.45, 7) is 1.46. The normalized spacial score (nSPS) is 17.7. The van der Waals surface area contributed by atoms with Crippen molar-refractivity contribution in [2.24, 2.45) is 13.0 Å². The van der Waals surface area contributed by atoms with Gasteiger partial charge in [0, 0.05) is 32.4 Å². The maximum atomic E-state index is 11.3. The van der Waals surface area contributed by atoms with E-state index in [0.717, 1.165) is 25.9 Å². The monoisotopic (exact) mass is 316 g/mol. The minimum absolute atomic E-state index is 0.101. The van der Waals surface area contributed by atoms with Crippen molar-refractivity contribution in [2.45, 2.75) is 19.4 Å². The Bertz CT molecular complexity index is 713. The molecule has 2 heterocycles. The summed E-state index contributed by atoms with van der Waals surface area (Å²) in [4.78, 5) is 13.0. The second kappa shape index (κ2) is 6.37. The van der Waals surface area contributed by atoms with Gasteiger partial charge in [-0.2, -0.15) is 5.10 Å². The Morgan fingerprint density at radius 1 is 1.43 bits per heavy atom. The lowest BCUT2D eigenvalue weighted by molar-refractivity contribution is -0.384. The van der Waals surface area contributed by atoms with Crippen LogP contribution in [0.15, 0.2) is 30.6 Å². The molecule has 1 aliphatic heterocycles. The second-order valence-electron chi connectivity index (χ2n) is 6.07. The fourth-order valence-electron chi connectivity index (χ4n) is 3.20. The first-order valence-corrected chi connectivity index (χ1v) is 7.67. The fraction of sp³-hybridized carbons (Fsp3) is 0.438. The number of hydrogen-bond acceptors (Lipinski definition) is 5. The number of aliphatic hydroxyl groups excluding tert-OH is 1. The van der Waals surface area contributed by atoms with Gasteiger partial charge in [0.15, 0.2) is 0 Å². The van der Waals surface area contributed by atoms with E-state index in [-0.39, 0.29) is 17.2 Å². The summed E-state index contributed by atoms with van der Waals surface area (Å²) in [6.07, 6.45) is 5.81. The standard InChI is InChI=1S/C16H20N4O3/c1-18-9-14(8-17-18)6-12-4-5-19(10-12)16-7-13(11-21)2-3-15(16)20(22)23/h2-3,7-9,12,21H,4-6,10-11H2,1H3. The molecule has 1 N–H and O–H groups in total. The minimum atomic E-state index is -0.356. The molecular weight excluding hydrogens is 296 g/mol. The molecule has 1 aromatic carbocycles. The van der Waals surface area contributed by atoms with Crippen LogP contribution in [0.5, 0.6) is 0 Å². The summed E-state index contributed by atoms with van der Waals surface area (Å²) in [5, 5.41) is 24.7. The first-order valence-electron chi connectivity index (χ1n) is 7.67. The predicted molar refractivity (Wildman–Crippen MR) is 86.3 cm³/mol. The Morgan fingerprint density at radius 3 is 2.91 bits per heavy atom. The molecule has 7 heteroatoms. The molecule has 0 spiro atoms. The molecule has 0 saturated carbocycles. The molecule has 0 amide bonds. The third kappa shape index (κ3) is 3.34. The van der Waals surface area contributed by atoms with E-state index in [1.54, 1.807) is 16.8 Å². The zero-order valence-corrected chi connectivity index (χ0v) is 13.1. The first kappa shape index (κ1) is 15.5. The van der Waals surface area contributed by atoms with E-state index in [9.17, 15) is 15.2 Å². The van der Waals surface area contributed by atoms with Crippen LogP contribution in [0.3, 0.4) is 0 Å². The van der Waals surface area contributed by atoms with E-state index >= 15 is 0 Å². The van der Waals surface area contributed by atoms with E-state index in [1.807, 2.05) is 19.4 Å². The topological polar surface area (TPSA) is 84.4 Å². The SMILES string of the molecule is Cn1cc(CC2CCN(c3cc(CO)ccc3[N+](=O)[O-])C2)cn1. The summed E-state index contributed by atoms with van der Waals surface area (Å²) in [7, 11) is 1.90. The van der Waals surface area contributed by atoms with Gasteiger partial charge in [-0.05, 0) is 42.0 Å². The van der Waals surface area contributed by atoms with Crippen molar-refractivity contribution in [3.63, 3.8) is 0 Å². The summed E-state index contributed by atoms with van der Waals surface area (Å²) in [5.41, 5.74) is 2.60. The van der Waals surface area contributed by atoms with Crippen molar-refractivity contribution < 1.29 is 10.0 Å². The average molecular weight is 316 g/mol. The maximum absolute atomic E-state index is 11.3.